The van der Waals surface area contributed by atoms with E-state index < -0.39 is 0 Å². The maximum Gasteiger partial charge on any atom is 0.247 e. The normalized spacial score (nSPS) is 16.7. The highest BCUT2D eigenvalue weighted by molar-refractivity contribution is 7.09. The standard InChI is InChI=1S/C21H17ClN2OS/c22-17-8-4-7-16(13-17)20-21-18(23-14-26-21)11-12-24(20)19(25)10-9-15-5-2-1-3-6-15/h1-10,13-14,20H,11-12H2/b10-9+. The molecule has 0 bridgehead atoms. The molecular weight excluding hydrogens is 364 g/mol. The van der Waals surface area contributed by atoms with Crippen molar-refractivity contribution in [1.29, 1.82) is 0 Å². The Bertz CT molecular complexity index is 951. The molecule has 5 heteroatoms. The summed E-state index contributed by atoms with van der Waals surface area (Å²) in [7, 11) is 0. The first-order valence-corrected chi connectivity index (χ1v) is 9.69. The Labute approximate surface area is 161 Å². The third-order valence-corrected chi connectivity index (χ3v) is 5.65. The van der Waals surface area contributed by atoms with E-state index in [0.29, 0.717) is 11.6 Å². The van der Waals surface area contributed by atoms with Gasteiger partial charge in [-0.25, -0.2) is 4.98 Å². The molecule has 1 aliphatic rings. The fourth-order valence-electron chi connectivity index (χ4n) is 3.26. The maximum absolute atomic E-state index is 13.0. The van der Waals surface area contributed by atoms with Gasteiger partial charge in [-0.1, -0.05) is 54.1 Å². The van der Waals surface area contributed by atoms with Crippen molar-refractivity contribution in [2.24, 2.45) is 0 Å². The Balaban J connectivity index is 1.68. The van der Waals surface area contributed by atoms with Crippen molar-refractivity contribution in [1.82, 2.24) is 9.88 Å². The molecular formula is C21H17ClN2OS. The first-order chi connectivity index (χ1) is 12.7. The lowest BCUT2D eigenvalue weighted by molar-refractivity contribution is -0.127. The van der Waals surface area contributed by atoms with Gasteiger partial charge in [0.25, 0.3) is 0 Å². The Morgan fingerprint density at radius 3 is 2.85 bits per heavy atom. The number of halogens is 1. The van der Waals surface area contributed by atoms with Crippen molar-refractivity contribution in [3.8, 4) is 0 Å². The zero-order valence-corrected chi connectivity index (χ0v) is 15.6. The van der Waals surface area contributed by atoms with E-state index in [9.17, 15) is 4.79 Å². The topological polar surface area (TPSA) is 33.2 Å². The Morgan fingerprint density at radius 2 is 2.04 bits per heavy atom. The van der Waals surface area contributed by atoms with Crippen LogP contribution in [0.3, 0.4) is 0 Å². The second kappa shape index (κ2) is 7.44. The summed E-state index contributed by atoms with van der Waals surface area (Å²) in [5, 5.41) is 0.673. The van der Waals surface area contributed by atoms with E-state index in [1.165, 1.54) is 0 Å². The number of carbonyl (C=O) groups is 1. The number of nitrogens with zero attached hydrogens (tertiary/aromatic N) is 2. The highest BCUT2D eigenvalue weighted by Crippen LogP contribution is 2.38. The average Bonchev–Trinajstić information content (AvgIpc) is 3.15. The molecule has 0 aliphatic carbocycles. The van der Waals surface area contributed by atoms with E-state index in [1.54, 1.807) is 17.4 Å². The van der Waals surface area contributed by atoms with Gasteiger partial charge in [-0.15, -0.1) is 11.3 Å². The van der Waals surface area contributed by atoms with Crippen LogP contribution < -0.4 is 0 Å². The largest absolute Gasteiger partial charge is 0.327 e. The van der Waals surface area contributed by atoms with Gasteiger partial charge in [-0.2, -0.15) is 0 Å². The van der Waals surface area contributed by atoms with Crippen LogP contribution in [-0.2, 0) is 11.2 Å². The molecule has 1 unspecified atom stereocenters. The summed E-state index contributed by atoms with van der Waals surface area (Å²) in [6, 6.07) is 17.4. The van der Waals surface area contributed by atoms with Gasteiger partial charge in [-0.3, -0.25) is 4.79 Å². The van der Waals surface area contributed by atoms with Crippen molar-refractivity contribution in [2.75, 3.05) is 6.54 Å². The van der Waals surface area contributed by atoms with Crippen molar-refractivity contribution >= 4 is 34.9 Å². The van der Waals surface area contributed by atoms with Gasteiger partial charge in [0.2, 0.25) is 5.91 Å². The second-order valence-corrected chi connectivity index (χ2v) is 7.47. The molecule has 2 heterocycles. The fourth-order valence-corrected chi connectivity index (χ4v) is 4.43. The minimum Gasteiger partial charge on any atom is -0.327 e. The summed E-state index contributed by atoms with van der Waals surface area (Å²) in [5.74, 6) is -0.00196. The quantitative estimate of drug-likeness (QED) is 0.600. The number of rotatable bonds is 3. The molecule has 0 N–H and O–H groups in total. The molecule has 1 aromatic heterocycles. The predicted octanol–water partition coefficient (Wildman–Crippen LogP) is 4.98. The number of amides is 1. The van der Waals surface area contributed by atoms with Crippen LogP contribution in [0, 0.1) is 0 Å². The molecule has 3 nitrogen and oxygen atoms in total. The monoisotopic (exact) mass is 380 g/mol. The van der Waals surface area contributed by atoms with Crippen LogP contribution in [0.1, 0.15) is 27.7 Å². The Kier molecular flexibility index (Phi) is 4.87. The number of hydrogen-bond acceptors (Lipinski definition) is 3. The maximum atomic E-state index is 13.0. The number of carbonyl (C=O) groups excluding carboxylic acids is 1. The average molecular weight is 381 g/mol. The smallest absolute Gasteiger partial charge is 0.247 e. The van der Waals surface area contributed by atoms with Crippen molar-refractivity contribution < 1.29 is 4.79 Å². The van der Waals surface area contributed by atoms with Gasteiger partial charge in [0.05, 0.1) is 22.1 Å². The molecule has 0 radical (unpaired) electrons. The van der Waals surface area contributed by atoms with Crippen LogP contribution in [0.5, 0.6) is 0 Å². The minimum absolute atomic E-state index is 0.00196. The summed E-state index contributed by atoms with van der Waals surface area (Å²) >= 11 is 7.80. The van der Waals surface area contributed by atoms with E-state index in [4.69, 9.17) is 11.6 Å². The van der Waals surface area contributed by atoms with Gasteiger partial charge in [0, 0.05) is 24.1 Å². The zero-order chi connectivity index (χ0) is 17.9. The van der Waals surface area contributed by atoms with Gasteiger partial charge in [0.15, 0.2) is 0 Å². The highest BCUT2D eigenvalue weighted by atomic mass is 35.5. The lowest BCUT2D eigenvalue weighted by Gasteiger charge is -2.34. The van der Waals surface area contributed by atoms with Crippen LogP contribution in [-0.4, -0.2) is 22.3 Å². The molecule has 3 aromatic rings. The number of benzene rings is 2. The molecule has 1 aliphatic heterocycles. The van der Waals surface area contributed by atoms with Crippen molar-refractivity contribution in [3.05, 3.63) is 92.9 Å². The molecule has 1 atom stereocenters. The molecule has 0 saturated carbocycles. The number of fused-ring (bicyclic) bond motifs is 1. The van der Waals surface area contributed by atoms with Gasteiger partial charge >= 0.3 is 0 Å². The van der Waals surface area contributed by atoms with Crippen LogP contribution in [0.2, 0.25) is 5.02 Å². The molecule has 26 heavy (non-hydrogen) atoms. The summed E-state index contributed by atoms with van der Waals surface area (Å²) < 4.78 is 0. The first kappa shape index (κ1) is 17.0. The van der Waals surface area contributed by atoms with E-state index in [-0.39, 0.29) is 11.9 Å². The fraction of sp³-hybridized carbons (Fsp3) is 0.143. The Morgan fingerprint density at radius 1 is 1.19 bits per heavy atom. The number of aromatic nitrogens is 1. The third-order valence-electron chi connectivity index (χ3n) is 4.49. The molecule has 2 aromatic carbocycles. The van der Waals surface area contributed by atoms with Gasteiger partial charge < -0.3 is 4.90 Å². The summed E-state index contributed by atoms with van der Waals surface area (Å²) in [6.45, 7) is 0.645. The molecule has 1 amide bonds. The summed E-state index contributed by atoms with van der Waals surface area (Å²) in [4.78, 5) is 20.5. The lowest BCUT2D eigenvalue weighted by atomic mass is 9.97. The third kappa shape index (κ3) is 3.43. The SMILES string of the molecule is O=C(/C=C/c1ccccc1)N1CCc2ncsc2C1c1cccc(Cl)c1. The van der Waals surface area contributed by atoms with Crippen molar-refractivity contribution in [2.45, 2.75) is 12.5 Å². The molecule has 0 saturated heterocycles. The van der Waals surface area contributed by atoms with E-state index in [1.807, 2.05) is 71.1 Å². The zero-order valence-electron chi connectivity index (χ0n) is 14.0. The van der Waals surface area contributed by atoms with Gasteiger partial charge in [-0.05, 0) is 29.3 Å². The molecule has 0 fully saturated rings. The van der Waals surface area contributed by atoms with Gasteiger partial charge in [0.1, 0.15) is 0 Å². The second-order valence-electron chi connectivity index (χ2n) is 6.15. The van der Waals surface area contributed by atoms with Crippen molar-refractivity contribution in [3.63, 3.8) is 0 Å². The van der Waals surface area contributed by atoms with E-state index in [0.717, 1.165) is 28.1 Å². The predicted molar refractivity (Wildman–Crippen MR) is 106 cm³/mol. The van der Waals surface area contributed by atoms with Crippen LogP contribution in [0.15, 0.2) is 66.2 Å². The van der Waals surface area contributed by atoms with Crippen LogP contribution in [0.25, 0.3) is 6.08 Å². The minimum atomic E-state index is -0.141. The van der Waals surface area contributed by atoms with E-state index in [2.05, 4.69) is 4.98 Å². The summed E-state index contributed by atoms with van der Waals surface area (Å²) in [6.07, 6.45) is 4.29. The number of thiazole rings is 1. The number of hydrogen-bond donors (Lipinski definition) is 0. The highest BCUT2D eigenvalue weighted by Gasteiger charge is 2.33. The Hall–Kier alpha value is -2.43. The first-order valence-electron chi connectivity index (χ1n) is 8.44. The molecule has 0 spiro atoms. The lowest BCUT2D eigenvalue weighted by Crippen LogP contribution is -2.39. The molecule has 4 rings (SSSR count). The van der Waals surface area contributed by atoms with Crippen LogP contribution >= 0.6 is 22.9 Å². The molecule has 130 valence electrons. The van der Waals surface area contributed by atoms with Crippen LogP contribution in [0.4, 0.5) is 0 Å². The van der Waals surface area contributed by atoms with E-state index >= 15 is 0 Å². The summed E-state index contributed by atoms with van der Waals surface area (Å²) in [5.41, 5.74) is 4.96.